The summed E-state index contributed by atoms with van der Waals surface area (Å²) in [4.78, 5) is 0. The zero-order valence-corrected chi connectivity index (χ0v) is 29.3. The number of tetrazole rings is 1. The number of hydrogen-bond acceptors (Lipinski definition) is 7. The summed E-state index contributed by atoms with van der Waals surface area (Å²) in [5, 5.41) is 25.0. The minimum atomic E-state index is 0. The molecule has 0 aliphatic rings. The normalized spacial score (nSPS) is 10.4. The van der Waals surface area contributed by atoms with Gasteiger partial charge in [0.1, 0.15) is 28.7 Å². The van der Waals surface area contributed by atoms with Crippen molar-refractivity contribution in [3.63, 3.8) is 0 Å². The first kappa shape index (κ1) is 34.6. The Morgan fingerprint density at radius 3 is 2.16 bits per heavy atom. The molecule has 0 aliphatic heterocycles. The van der Waals surface area contributed by atoms with Crippen molar-refractivity contribution in [3.8, 4) is 51.3 Å². The van der Waals surface area contributed by atoms with Crippen molar-refractivity contribution in [2.45, 2.75) is 39.5 Å². The number of H-pyrrole nitrogens is 1. The second-order valence-corrected chi connectivity index (χ2v) is 9.56. The monoisotopic (exact) mass is 596 g/mol. The summed E-state index contributed by atoms with van der Waals surface area (Å²) >= 11 is 0. The number of para-hydroxylation sites is 1. The van der Waals surface area contributed by atoms with Gasteiger partial charge in [0.2, 0.25) is 5.82 Å². The predicted molar refractivity (Wildman–Crippen MR) is 159 cm³/mol. The maximum Gasteiger partial charge on any atom is 1.00 e. The van der Waals surface area contributed by atoms with Gasteiger partial charge in [-0.2, -0.15) is 5.21 Å². The number of aromatic nitrogens is 4. The molecule has 10 heteroatoms. The van der Waals surface area contributed by atoms with E-state index in [4.69, 9.17) is 14.2 Å². The van der Waals surface area contributed by atoms with Gasteiger partial charge in [-0.3, -0.25) is 0 Å². The molecular weight excluding hydrogens is 562 g/mol. The predicted octanol–water partition coefficient (Wildman–Crippen LogP) is 1.40. The van der Waals surface area contributed by atoms with Gasteiger partial charge in [0.05, 0.1) is 18.8 Å². The zero-order chi connectivity index (χ0) is 28.4. The molecule has 0 spiro atoms. The van der Waals surface area contributed by atoms with Crippen LogP contribution in [0.3, 0.4) is 0 Å². The van der Waals surface area contributed by atoms with E-state index in [0.29, 0.717) is 37.0 Å². The Balaban J connectivity index is 0.00000253. The Hall–Kier alpha value is -2.85. The fourth-order valence-corrected chi connectivity index (χ4v) is 4.70. The van der Waals surface area contributed by atoms with Crippen LogP contribution < -0.4 is 73.3 Å². The van der Waals surface area contributed by atoms with Crippen LogP contribution in [-0.4, -0.2) is 38.9 Å². The third kappa shape index (κ3) is 8.85. The van der Waals surface area contributed by atoms with E-state index in [1.807, 2.05) is 78.9 Å². The van der Waals surface area contributed by atoms with Crippen LogP contribution in [0, 0.1) is 0 Å². The van der Waals surface area contributed by atoms with Crippen molar-refractivity contribution in [2.75, 3.05) is 13.2 Å². The smallest absolute Gasteiger partial charge is 0.507 e. The quantitative estimate of drug-likeness (QED) is 0.157. The van der Waals surface area contributed by atoms with Gasteiger partial charge in [-0.05, 0) is 59.5 Å². The Kier molecular flexibility index (Phi) is 14.1. The van der Waals surface area contributed by atoms with Gasteiger partial charge >= 0.3 is 59.1 Å². The van der Waals surface area contributed by atoms with Gasteiger partial charge in [-0.25, -0.2) is 0 Å². The second kappa shape index (κ2) is 17.4. The Morgan fingerprint density at radius 2 is 1.44 bits per heavy atom. The molecule has 0 amide bonds. The van der Waals surface area contributed by atoms with E-state index in [2.05, 4.69) is 34.5 Å². The first-order chi connectivity index (χ1) is 20.2. The van der Waals surface area contributed by atoms with Gasteiger partial charge < -0.3 is 19.3 Å². The first-order valence-corrected chi connectivity index (χ1v) is 14.0. The van der Waals surface area contributed by atoms with Gasteiger partial charge in [-0.15, -0.1) is 10.2 Å². The molecule has 2 N–H and O–H groups in total. The third-order valence-corrected chi connectivity index (χ3v) is 6.73. The van der Waals surface area contributed by atoms with E-state index < -0.39 is 0 Å². The molecule has 5 rings (SSSR count). The number of rotatable bonds is 13. The maximum absolute atomic E-state index is 10.7. The molecule has 0 saturated heterocycles. The van der Waals surface area contributed by atoms with E-state index in [0.717, 1.165) is 58.6 Å². The minimum Gasteiger partial charge on any atom is -0.507 e. The van der Waals surface area contributed by atoms with Crippen molar-refractivity contribution < 1.29 is 78.4 Å². The number of hydrogen-bond donors (Lipinski definition) is 2. The average Bonchev–Trinajstić information content (AvgIpc) is 3.54. The summed E-state index contributed by atoms with van der Waals surface area (Å²) in [5.74, 6) is 3.55. The first-order valence-electron chi connectivity index (χ1n) is 14.0. The van der Waals surface area contributed by atoms with Crippen LogP contribution >= 0.6 is 0 Å². The van der Waals surface area contributed by atoms with Crippen molar-refractivity contribution in [1.29, 1.82) is 0 Å². The largest absolute Gasteiger partial charge is 1.00 e. The van der Waals surface area contributed by atoms with Crippen LogP contribution in [0.4, 0.5) is 0 Å². The number of aryl methyl sites for hydroxylation is 1. The molecule has 0 fully saturated rings. The summed E-state index contributed by atoms with van der Waals surface area (Å²) in [6.07, 6.45) is 3.23. The molecule has 0 unspecified atom stereocenters. The number of aromatic amines is 1. The molecule has 0 aliphatic carbocycles. The van der Waals surface area contributed by atoms with Crippen LogP contribution in [0.15, 0.2) is 84.9 Å². The summed E-state index contributed by atoms with van der Waals surface area (Å²) in [6, 6.07) is 27.1. The van der Waals surface area contributed by atoms with Gasteiger partial charge in [0, 0.05) is 23.6 Å². The number of aromatic hydroxyl groups is 1. The molecule has 210 valence electrons. The van der Waals surface area contributed by atoms with E-state index >= 15 is 0 Å². The Bertz CT molecular complexity index is 1570. The van der Waals surface area contributed by atoms with E-state index in [-0.39, 0.29) is 64.9 Å². The Labute approximate surface area is 296 Å². The molecule has 0 bridgehead atoms. The molecule has 8 nitrogen and oxygen atoms in total. The fourth-order valence-electron chi connectivity index (χ4n) is 4.70. The van der Waals surface area contributed by atoms with Crippen molar-refractivity contribution in [1.82, 2.24) is 20.6 Å². The topological polar surface area (TPSA) is 102 Å². The number of phenols is 1. The number of phenolic OH excluding ortho intramolecular Hbond substituents is 1. The van der Waals surface area contributed by atoms with Crippen LogP contribution in [0.2, 0.25) is 0 Å². The summed E-state index contributed by atoms with van der Waals surface area (Å²) < 4.78 is 18.7. The maximum atomic E-state index is 10.7. The van der Waals surface area contributed by atoms with E-state index in [1.165, 1.54) is 0 Å². The van der Waals surface area contributed by atoms with Gasteiger partial charge in [-0.1, -0.05) is 68.8 Å². The third-order valence-electron chi connectivity index (χ3n) is 6.73. The molecule has 1 heterocycles. The van der Waals surface area contributed by atoms with Crippen molar-refractivity contribution in [2.24, 2.45) is 0 Å². The van der Waals surface area contributed by atoms with E-state index in [1.54, 1.807) is 6.07 Å². The van der Waals surface area contributed by atoms with Gasteiger partial charge in [0.15, 0.2) is 0 Å². The van der Waals surface area contributed by atoms with Crippen LogP contribution in [0.25, 0.3) is 22.5 Å². The summed E-state index contributed by atoms with van der Waals surface area (Å²) in [5.41, 5.74) is 4.60. The van der Waals surface area contributed by atoms with Crippen LogP contribution in [-0.2, 0) is 12.8 Å². The molecular formula is C33H34N4Na2O4+2. The molecule has 43 heavy (non-hydrogen) atoms. The molecule has 4 aromatic carbocycles. The standard InChI is InChI=1S/C33H34N4O4.2Na/c1-3-12-25-29(17-10-18-30(25)41-31-16-9-8-15-26(31)33-34-36-37-35-33)39-19-11-20-40-32-22-28(38)27(21-23(32)4-2)24-13-6-5-7-14-24;;/h5-10,13-18,21-22,38H,3-4,11-12,19-20H2,1-2H3,(H,34,35,36,37);;/q;2*+1. The summed E-state index contributed by atoms with van der Waals surface area (Å²) in [7, 11) is 0. The molecule has 0 atom stereocenters. The number of nitrogens with zero attached hydrogens (tertiary/aromatic N) is 3. The van der Waals surface area contributed by atoms with Gasteiger partial charge in [0.25, 0.3) is 0 Å². The van der Waals surface area contributed by atoms with Crippen molar-refractivity contribution >= 4 is 0 Å². The second-order valence-electron chi connectivity index (χ2n) is 9.56. The minimum absolute atomic E-state index is 0. The van der Waals surface area contributed by atoms with Crippen LogP contribution in [0.1, 0.15) is 37.8 Å². The Morgan fingerprint density at radius 1 is 0.744 bits per heavy atom. The fraction of sp³-hybridized carbons (Fsp3) is 0.242. The molecule has 0 saturated carbocycles. The molecule has 5 aromatic rings. The molecule has 0 radical (unpaired) electrons. The van der Waals surface area contributed by atoms with Crippen molar-refractivity contribution in [3.05, 3.63) is 96.1 Å². The number of ether oxygens (including phenoxy) is 3. The molecule has 1 aromatic heterocycles. The summed E-state index contributed by atoms with van der Waals surface area (Å²) in [6.45, 7) is 5.16. The van der Waals surface area contributed by atoms with E-state index in [9.17, 15) is 5.11 Å². The number of benzene rings is 4. The average molecular weight is 597 g/mol. The van der Waals surface area contributed by atoms with Crippen LogP contribution in [0.5, 0.6) is 28.7 Å². The number of nitrogens with one attached hydrogen (secondary N) is 1. The SMILES string of the molecule is CCCc1c(OCCCOc2cc(O)c(-c3ccccc3)cc2CC)cccc1Oc1ccccc1-c1nn[nH]n1.[Na+].[Na+]. The zero-order valence-electron chi connectivity index (χ0n) is 25.3.